The number of amides is 1. The summed E-state index contributed by atoms with van der Waals surface area (Å²) in [6.45, 7) is 8.05. The van der Waals surface area contributed by atoms with E-state index in [1.54, 1.807) is 57.2 Å². The van der Waals surface area contributed by atoms with E-state index in [2.05, 4.69) is 17.0 Å². The SMILES string of the molecule is CCCCOc1ccc(C(=O)Nc2cccc(S(=O)(=O)NC(C)(C)C)c2)cc1. The van der Waals surface area contributed by atoms with Gasteiger partial charge in [0, 0.05) is 16.8 Å². The lowest BCUT2D eigenvalue weighted by molar-refractivity contribution is 0.102. The zero-order valence-corrected chi connectivity index (χ0v) is 17.6. The summed E-state index contributed by atoms with van der Waals surface area (Å²) in [7, 11) is -3.68. The number of sulfonamides is 1. The molecule has 0 spiro atoms. The molecule has 0 saturated carbocycles. The number of benzene rings is 2. The Morgan fingerprint density at radius 1 is 1.07 bits per heavy atom. The average Bonchev–Trinajstić information content (AvgIpc) is 2.61. The largest absolute Gasteiger partial charge is 0.494 e. The van der Waals surface area contributed by atoms with Gasteiger partial charge in [0.15, 0.2) is 0 Å². The quantitative estimate of drug-likeness (QED) is 0.646. The smallest absolute Gasteiger partial charge is 0.255 e. The van der Waals surface area contributed by atoms with Crippen LogP contribution in [0.4, 0.5) is 5.69 Å². The van der Waals surface area contributed by atoms with Gasteiger partial charge in [-0.25, -0.2) is 13.1 Å². The van der Waals surface area contributed by atoms with Gasteiger partial charge in [-0.05, 0) is 69.7 Å². The van der Waals surface area contributed by atoms with Crippen LogP contribution in [0.25, 0.3) is 0 Å². The molecule has 28 heavy (non-hydrogen) atoms. The number of nitrogens with one attached hydrogen (secondary N) is 2. The van der Waals surface area contributed by atoms with E-state index >= 15 is 0 Å². The zero-order chi connectivity index (χ0) is 20.8. The second kappa shape index (κ2) is 9.21. The van der Waals surface area contributed by atoms with Gasteiger partial charge in [0.05, 0.1) is 11.5 Å². The van der Waals surface area contributed by atoms with Gasteiger partial charge in [-0.3, -0.25) is 4.79 Å². The van der Waals surface area contributed by atoms with E-state index < -0.39 is 15.6 Å². The number of ether oxygens (including phenoxy) is 1. The Hall–Kier alpha value is -2.38. The number of carbonyl (C=O) groups excluding carboxylic acids is 1. The highest BCUT2D eigenvalue weighted by Crippen LogP contribution is 2.19. The fourth-order valence-electron chi connectivity index (χ4n) is 2.44. The van der Waals surface area contributed by atoms with Crippen molar-refractivity contribution in [2.24, 2.45) is 0 Å². The van der Waals surface area contributed by atoms with Gasteiger partial charge in [-0.1, -0.05) is 19.4 Å². The lowest BCUT2D eigenvalue weighted by atomic mass is 10.1. The molecule has 0 aliphatic heterocycles. The number of hydrogen-bond donors (Lipinski definition) is 2. The van der Waals surface area contributed by atoms with Crippen molar-refractivity contribution >= 4 is 21.6 Å². The minimum absolute atomic E-state index is 0.0971. The second-order valence-corrected chi connectivity index (χ2v) is 9.25. The van der Waals surface area contributed by atoms with Gasteiger partial charge in [-0.15, -0.1) is 0 Å². The van der Waals surface area contributed by atoms with E-state index in [1.807, 2.05) is 0 Å². The van der Waals surface area contributed by atoms with Crippen molar-refractivity contribution < 1.29 is 17.9 Å². The highest BCUT2D eigenvalue weighted by molar-refractivity contribution is 7.89. The van der Waals surface area contributed by atoms with Crippen molar-refractivity contribution in [1.29, 1.82) is 0 Å². The first-order valence-electron chi connectivity index (χ1n) is 9.29. The van der Waals surface area contributed by atoms with Crippen LogP contribution in [-0.4, -0.2) is 26.5 Å². The maximum Gasteiger partial charge on any atom is 0.255 e. The van der Waals surface area contributed by atoms with Crippen molar-refractivity contribution in [3.8, 4) is 5.75 Å². The summed E-state index contributed by atoms with van der Waals surface area (Å²) in [6, 6.07) is 13.0. The van der Waals surface area contributed by atoms with E-state index in [1.165, 1.54) is 12.1 Å². The van der Waals surface area contributed by atoms with E-state index in [4.69, 9.17) is 4.74 Å². The standard InChI is InChI=1S/C21H28N2O4S/c1-5-6-14-27-18-12-10-16(11-13-18)20(24)22-17-8-7-9-19(15-17)28(25,26)23-21(2,3)4/h7-13,15,23H,5-6,14H2,1-4H3,(H,22,24). The Kier molecular flexibility index (Phi) is 7.21. The number of rotatable bonds is 8. The Morgan fingerprint density at radius 3 is 2.36 bits per heavy atom. The van der Waals surface area contributed by atoms with Crippen molar-refractivity contribution in [3.05, 3.63) is 54.1 Å². The molecule has 7 heteroatoms. The molecule has 0 unspecified atom stereocenters. The van der Waals surface area contributed by atoms with Crippen LogP contribution in [-0.2, 0) is 10.0 Å². The van der Waals surface area contributed by atoms with Crippen LogP contribution in [0, 0.1) is 0 Å². The molecular weight excluding hydrogens is 376 g/mol. The maximum absolute atomic E-state index is 12.5. The molecule has 0 atom stereocenters. The molecule has 2 N–H and O–H groups in total. The Labute approximate surface area is 167 Å². The lowest BCUT2D eigenvalue weighted by Crippen LogP contribution is -2.40. The molecule has 1 amide bonds. The van der Waals surface area contributed by atoms with Gasteiger partial charge in [0.2, 0.25) is 10.0 Å². The minimum atomic E-state index is -3.68. The Bertz CT molecular complexity index is 901. The Morgan fingerprint density at radius 2 is 1.75 bits per heavy atom. The molecule has 0 saturated heterocycles. The van der Waals surface area contributed by atoms with Crippen LogP contribution in [0.1, 0.15) is 50.9 Å². The number of anilines is 1. The molecule has 0 aliphatic rings. The second-order valence-electron chi connectivity index (χ2n) is 7.56. The third-order valence-electron chi connectivity index (χ3n) is 3.73. The van der Waals surface area contributed by atoms with Gasteiger partial charge < -0.3 is 10.1 Å². The number of hydrogen-bond acceptors (Lipinski definition) is 4. The maximum atomic E-state index is 12.5. The van der Waals surface area contributed by atoms with E-state index in [0.29, 0.717) is 23.6 Å². The first kappa shape index (κ1) is 21.9. The first-order chi connectivity index (χ1) is 13.1. The summed E-state index contributed by atoms with van der Waals surface area (Å²) >= 11 is 0. The third kappa shape index (κ3) is 6.65. The van der Waals surface area contributed by atoms with Crippen LogP contribution in [0.5, 0.6) is 5.75 Å². The third-order valence-corrected chi connectivity index (χ3v) is 5.48. The van der Waals surface area contributed by atoms with Crippen molar-refractivity contribution in [2.75, 3.05) is 11.9 Å². The minimum Gasteiger partial charge on any atom is -0.494 e. The molecular formula is C21H28N2O4S. The monoisotopic (exact) mass is 404 g/mol. The Balaban J connectivity index is 2.08. The first-order valence-corrected chi connectivity index (χ1v) is 10.8. The molecule has 152 valence electrons. The lowest BCUT2D eigenvalue weighted by Gasteiger charge is -2.20. The predicted octanol–water partition coefficient (Wildman–Crippen LogP) is 4.19. The molecule has 2 aromatic rings. The van der Waals surface area contributed by atoms with Gasteiger partial charge >= 0.3 is 0 Å². The molecule has 6 nitrogen and oxygen atoms in total. The van der Waals surface area contributed by atoms with Crippen LogP contribution in [0.3, 0.4) is 0 Å². The van der Waals surface area contributed by atoms with Crippen molar-refractivity contribution in [1.82, 2.24) is 4.72 Å². The zero-order valence-electron chi connectivity index (χ0n) is 16.8. The predicted molar refractivity (Wildman–Crippen MR) is 111 cm³/mol. The van der Waals surface area contributed by atoms with Gasteiger partial charge in [0.25, 0.3) is 5.91 Å². The average molecular weight is 405 g/mol. The van der Waals surface area contributed by atoms with Gasteiger partial charge in [-0.2, -0.15) is 0 Å². The summed E-state index contributed by atoms with van der Waals surface area (Å²) in [5.41, 5.74) is 0.271. The summed E-state index contributed by atoms with van der Waals surface area (Å²) in [6.07, 6.45) is 2.03. The van der Waals surface area contributed by atoms with E-state index in [-0.39, 0.29) is 10.8 Å². The summed E-state index contributed by atoms with van der Waals surface area (Å²) in [5, 5.41) is 2.73. The normalized spacial score (nSPS) is 11.9. The van der Waals surface area contributed by atoms with E-state index in [9.17, 15) is 13.2 Å². The molecule has 2 rings (SSSR count). The molecule has 2 aromatic carbocycles. The summed E-state index contributed by atoms with van der Waals surface area (Å²) < 4.78 is 33.1. The molecule has 0 fully saturated rings. The molecule has 0 aliphatic carbocycles. The molecule has 0 heterocycles. The highest BCUT2D eigenvalue weighted by Gasteiger charge is 2.22. The topological polar surface area (TPSA) is 84.5 Å². The number of unbranched alkanes of at least 4 members (excludes halogenated alkanes) is 1. The van der Waals surface area contributed by atoms with Crippen molar-refractivity contribution in [2.45, 2.75) is 51.0 Å². The number of carbonyl (C=O) groups is 1. The van der Waals surface area contributed by atoms with E-state index in [0.717, 1.165) is 12.8 Å². The fraction of sp³-hybridized carbons (Fsp3) is 0.381. The fourth-order valence-corrected chi connectivity index (χ4v) is 3.91. The van der Waals surface area contributed by atoms with Crippen LogP contribution in [0.2, 0.25) is 0 Å². The van der Waals surface area contributed by atoms with Crippen LogP contribution >= 0.6 is 0 Å². The molecule has 0 radical (unpaired) electrons. The molecule has 0 aromatic heterocycles. The van der Waals surface area contributed by atoms with Crippen LogP contribution < -0.4 is 14.8 Å². The van der Waals surface area contributed by atoms with Crippen LogP contribution in [0.15, 0.2) is 53.4 Å². The molecule has 0 bridgehead atoms. The van der Waals surface area contributed by atoms with Crippen molar-refractivity contribution in [3.63, 3.8) is 0 Å². The van der Waals surface area contributed by atoms with Gasteiger partial charge in [0.1, 0.15) is 5.75 Å². The summed E-state index contributed by atoms with van der Waals surface area (Å²) in [4.78, 5) is 12.6. The summed E-state index contributed by atoms with van der Waals surface area (Å²) in [5.74, 6) is 0.393. The highest BCUT2D eigenvalue weighted by atomic mass is 32.2.